The summed E-state index contributed by atoms with van der Waals surface area (Å²) in [4.78, 5) is 22.2. The fraction of sp³-hybridized carbons (Fsp3) is 0.231. The van der Waals surface area contributed by atoms with Crippen LogP contribution < -0.4 is 5.32 Å². The smallest absolute Gasteiger partial charge is 0.271 e. The number of non-ortho nitro benzene ring substituents is 1. The molecule has 0 aliphatic heterocycles. The molecule has 0 bridgehead atoms. The number of aryl methyl sites for hydroxylation is 1. The predicted octanol–water partition coefficient (Wildman–Crippen LogP) is 2.01. The van der Waals surface area contributed by atoms with Gasteiger partial charge in [0, 0.05) is 18.3 Å². The summed E-state index contributed by atoms with van der Waals surface area (Å²) in [5.74, 6) is -0.674. The number of carbonyl (C=O) groups is 1. The van der Waals surface area contributed by atoms with Crippen molar-refractivity contribution in [3.05, 3.63) is 46.3 Å². The van der Waals surface area contributed by atoms with Gasteiger partial charge in [0.25, 0.3) is 5.69 Å². The van der Waals surface area contributed by atoms with Crippen molar-refractivity contribution < 1.29 is 14.8 Å². The topological polar surface area (TPSA) is 110 Å². The normalized spacial score (nSPS) is 11.9. The van der Waals surface area contributed by atoms with Gasteiger partial charge in [-0.2, -0.15) is 5.10 Å². The molecule has 8 nitrogen and oxygen atoms in total. The van der Waals surface area contributed by atoms with Crippen LogP contribution in [0.15, 0.2) is 30.6 Å². The highest BCUT2D eigenvalue weighted by molar-refractivity contribution is 5.95. The average molecular weight is 290 g/mol. The van der Waals surface area contributed by atoms with Crippen LogP contribution in [0.1, 0.15) is 18.5 Å². The molecule has 0 aliphatic rings. The first kappa shape index (κ1) is 14.5. The monoisotopic (exact) mass is 290 g/mol. The van der Waals surface area contributed by atoms with Crippen LogP contribution >= 0.6 is 0 Å². The maximum absolute atomic E-state index is 12.1. The highest BCUT2D eigenvalue weighted by atomic mass is 16.6. The van der Waals surface area contributed by atoms with Crippen molar-refractivity contribution in [2.75, 3.05) is 5.32 Å². The second kappa shape index (κ2) is 5.61. The van der Waals surface area contributed by atoms with Crippen molar-refractivity contribution >= 4 is 17.3 Å². The molecule has 0 spiro atoms. The van der Waals surface area contributed by atoms with E-state index >= 15 is 0 Å². The third kappa shape index (κ3) is 3.16. The zero-order valence-electron chi connectivity index (χ0n) is 11.5. The first-order chi connectivity index (χ1) is 9.88. The molecule has 0 saturated heterocycles. The molecule has 0 aliphatic carbocycles. The molecule has 1 aromatic carbocycles. The van der Waals surface area contributed by atoms with Crippen molar-refractivity contribution in [2.45, 2.75) is 19.9 Å². The lowest BCUT2D eigenvalue weighted by atomic mass is 10.2. The summed E-state index contributed by atoms with van der Waals surface area (Å²) in [6, 6.07) is 2.81. The van der Waals surface area contributed by atoms with Crippen LogP contribution in [-0.4, -0.2) is 25.7 Å². The largest absolute Gasteiger partial charge is 0.506 e. The third-order valence-electron chi connectivity index (χ3n) is 2.96. The number of nitrogens with one attached hydrogen (secondary N) is 1. The van der Waals surface area contributed by atoms with Crippen LogP contribution in [0.4, 0.5) is 11.4 Å². The van der Waals surface area contributed by atoms with Crippen LogP contribution in [0.25, 0.3) is 0 Å². The predicted molar refractivity (Wildman–Crippen MR) is 75.1 cm³/mol. The number of nitro benzene ring substituents is 1. The number of aromatic hydroxyl groups is 1. The van der Waals surface area contributed by atoms with Crippen LogP contribution in [0, 0.1) is 17.0 Å². The Morgan fingerprint density at radius 1 is 1.52 bits per heavy atom. The summed E-state index contributed by atoms with van der Waals surface area (Å²) >= 11 is 0. The Labute approximate surface area is 120 Å². The minimum Gasteiger partial charge on any atom is -0.506 e. The maximum Gasteiger partial charge on any atom is 0.271 e. The van der Waals surface area contributed by atoms with E-state index in [1.54, 1.807) is 19.3 Å². The van der Waals surface area contributed by atoms with E-state index in [4.69, 9.17) is 0 Å². The van der Waals surface area contributed by atoms with Crippen molar-refractivity contribution in [1.82, 2.24) is 9.78 Å². The van der Waals surface area contributed by atoms with Gasteiger partial charge in [-0.15, -0.1) is 0 Å². The van der Waals surface area contributed by atoms with E-state index in [9.17, 15) is 20.0 Å². The fourth-order valence-corrected chi connectivity index (χ4v) is 1.74. The Kier molecular flexibility index (Phi) is 3.88. The standard InChI is InChI=1S/C13H14N4O4/c1-8-6-14-16(7-8)9(2)13(19)15-11-5-10(17(20)21)3-4-12(11)18/h3-7,9,18H,1-2H3,(H,15,19). The summed E-state index contributed by atoms with van der Waals surface area (Å²) in [5.41, 5.74) is 0.684. The number of anilines is 1. The number of benzene rings is 1. The van der Waals surface area contributed by atoms with E-state index in [-0.39, 0.29) is 17.1 Å². The van der Waals surface area contributed by atoms with Crippen LogP contribution in [0.5, 0.6) is 5.75 Å². The van der Waals surface area contributed by atoms with E-state index < -0.39 is 16.9 Å². The Bertz CT molecular complexity index is 695. The van der Waals surface area contributed by atoms with E-state index in [0.29, 0.717) is 0 Å². The molecule has 8 heteroatoms. The van der Waals surface area contributed by atoms with Gasteiger partial charge < -0.3 is 10.4 Å². The number of rotatable bonds is 4. The number of aromatic nitrogens is 2. The van der Waals surface area contributed by atoms with Gasteiger partial charge in [-0.3, -0.25) is 19.6 Å². The molecule has 0 fully saturated rings. The highest BCUT2D eigenvalue weighted by Crippen LogP contribution is 2.28. The maximum atomic E-state index is 12.1. The van der Waals surface area contributed by atoms with Gasteiger partial charge in [-0.05, 0) is 25.5 Å². The summed E-state index contributed by atoms with van der Waals surface area (Å²) in [7, 11) is 0. The van der Waals surface area contributed by atoms with Crippen molar-refractivity contribution in [2.24, 2.45) is 0 Å². The molecule has 2 N–H and O–H groups in total. The molecule has 2 aromatic rings. The van der Waals surface area contributed by atoms with Crippen molar-refractivity contribution in [3.63, 3.8) is 0 Å². The first-order valence-electron chi connectivity index (χ1n) is 6.17. The number of phenolic OH excluding ortho intramolecular Hbond substituents is 1. The number of hydrogen-bond donors (Lipinski definition) is 2. The van der Waals surface area contributed by atoms with Gasteiger partial charge in [0.05, 0.1) is 16.8 Å². The van der Waals surface area contributed by atoms with Gasteiger partial charge in [-0.1, -0.05) is 0 Å². The second-order valence-electron chi connectivity index (χ2n) is 4.62. The van der Waals surface area contributed by atoms with Gasteiger partial charge in [0.2, 0.25) is 5.91 Å². The zero-order chi connectivity index (χ0) is 15.6. The first-order valence-corrected chi connectivity index (χ1v) is 6.17. The third-order valence-corrected chi connectivity index (χ3v) is 2.96. The zero-order valence-corrected chi connectivity index (χ0v) is 11.5. The Balaban J connectivity index is 2.19. The molecule has 0 saturated carbocycles. The molecular weight excluding hydrogens is 276 g/mol. The number of carbonyl (C=O) groups excluding carboxylic acids is 1. The number of nitro groups is 1. The number of nitrogens with zero attached hydrogens (tertiary/aromatic N) is 3. The summed E-state index contributed by atoms with van der Waals surface area (Å²) in [5, 5.41) is 26.9. The Morgan fingerprint density at radius 3 is 2.81 bits per heavy atom. The summed E-state index contributed by atoms with van der Waals surface area (Å²) in [6.07, 6.45) is 3.33. The minimum absolute atomic E-state index is 0.00933. The molecule has 1 atom stereocenters. The van der Waals surface area contributed by atoms with E-state index in [1.165, 1.54) is 4.68 Å². The molecular formula is C13H14N4O4. The van der Waals surface area contributed by atoms with Gasteiger partial charge in [-0.25, -0.2) is 0 Å². The van der Waals surface area contributed by atoms with Crippen LogP contribution in [0.2, 0.25) is 0 Å². The number of hydrogen-bond acceptors (Lipinski definition) is 5. The molecule has 1 unspecified atom stereocenters. The molecule has 1 heterocycles. The Hall–Kier alpha value is -2.90. The average Bonchev–Trinajstić information content (AvgIpc) is 2.86. The van der Waals surface area contributed by atoms with Crippen molar-refractivity contribution in [1.29, 1.82) is 0 Å². The van der Waals surface area contributed by atoms with Gasteiger partial charge in [0.15, 0.2) is 0 Å². The summed E-state index contributed by atoms with van der Waals surface area (Å²) < 4.78 is 1.47. The number of phenols is 1. The molecule has 110 valence electrons. The highest BCUT2D eigenvalue weighted by Gasteiger charge is 2.18. The lowest BCUT2D eigenvalue weighted by Gasteiger charge is -2.13. The SMILES string of the molecule is Cc1cnn(C(C)C(=O)Nc2cc([N+](=O)[O-])ccc2O)c1. The molecule has 0 radical (unpaired) electrons. The van der Waals surface area contributed by atoms with E-state index in [1.807, 2.05) is 6.92 Å². The van der Waals surface area contributed by atoms with Gasteiger partial charge in [0.1, 0.15) is 11.8 Å². The number of amides is 1. The van der Waals surface area contributed by atoms with E-state index in [0.717, 1.165) is 23.8 Å². The quantitative estimate of drug-likeness (QED) is 0.508. The summed E-state index contributed by atoms with van der Waals surface area (Å²) in [6.45, 7) is 3.48. The minimum atomic E-state index is -0.614. The van der Waals surface area contributed by atoms with Crippen molar-refractivity contribution in [3.8, 4) is 5.75 Å². The molecule has 1 aromatic heterocycles. The molecule has 2 rings (SSSR count). The fourth-order valence-electron chi connectivity index (χ4n) is 1.74. The van der Waals surface area contributed by atoms with Crippen LogP contribution in [0.3, 0.4) is 0 Å². The van der Waals surface area contributed by atoms with Crippen LogP contribution in [-0.2, 0) is 4.79 Å². The Morgan fingerprint density at radius 2 is 2.24 bits per heavy atom. The molecule has 1 amide bonds. The lowest BCUT2D eigenvalue weighted by molar-refractivity contribution is -0.384. The molecule has 21 heavy (non-hydrogen) atoms. The van der Waals surface area contributed by atoms with Gasteiger partial charge >= 0.3 is 0 Å². The van der Waals surface area contributed by atoms with E-state index in [2.05, 4.69) is 10.4 Å². The lowest BCUT2D eigenvalue weighted by Crippen LogP contribution is -2.24. The second-order valence-corrected chi connectivity index (χ2v) is 4.62.